The van der Waals surface area contributed by atoms with E-state index in [1.807, 2.05) is 0 Å². The number of phenols is 1. The number of primary amides is 1. The van der Waals surface area contributed by atoms with E-state index in [9.17, 15) is 23.9 Å². The van der Waals surface area contributed by atoms with Crippen LogP contribution in [0, 0.1) is 5.82 Å². The van der Waals surface area contributed by atoms with Crippen molar-refractivity contribution in [2.75, 3.05) is 17.7 Å². The number of anilines is 2. The van der Waals surface area contributed by atoms with Crippen LogP contribution in [0.5, 0.6) is 11.5 Å². The van der Waals surface area contributed by atoms with E-state index in [0.29, 0.717) is 22.8 Å². The van der Waals surface area contributed by atoms with E-state index >= 15 is 0 Å². The number of nitrogens with two attached hydrogens (primary N) is 2. The van der Waals surface area contributed by atoms with Crippen molar-refractivity contribution in [3.8, 4) is 11.5 Å². The number of aromatic nitrogens is 1. The number of hydrogen-bond acceptors (Lipinski definition) is 8. The topological polar surface area (TPSA) is 161 Å². The van der Waals surface area contributed by atoms with Crippen molar-refractivity contribution in [2.24, 2.45) is 5.73 Å². The number of carbonyl (C=O) groups is 3. The number of hydrogen-bond donors (Lipinski definition) is 4. The Hall–Kier alpha value is -4.97. The molecule has 200 valence electrons. The molecule has 6 N–H and O–H groups in total. The van der Waals surface area contributed by atoms with Gasteiger partial charge in [0, 0.05) is 12.2 Å². The van der Waals surface area contributed by atoms with Gasteiger partial charge in [-0.25, -0.2) is 4.39 Å². The number of methoxy groups -OCH3 is 1. The molecule has 39 heavy (non-hydrogen) atoms. The molecule has 10 nitrogen and oxygen atoms in total. The molecule has 4 aromatic rings. The molecule has 3 aromatic carbocycles. The lowest BCUT2D eigenvalue weighted by atomic mass is 10.0. The largest absolute Gasteiger partial charge is 0.508 e. The number of amides is 3. The van der Waals surface area contributed by atoms with E-state index in [4.69, 9.17) is 16.2 Å². The third-order valence-electron chi connectivity index (χ3n) is 5.82. The highest BCUT2D eigenvalue weighted by molar-refractivity contribution is 7.09. The summed E-state index contributed by atoms with van der Waals surface area (Å²) in [5.41, 5.74) is 12.1. The minimum Gasteiger partial charge on any atom is -0.508 e. The Bertz CT molecular complexity index is 1490. The van der Waals surface area contributed by atoms with Gasteiger partial charge in [0.25, 0.3) is 11.8 Å². The van der Waals surface area contributed by atoms with Crippen molar-refractivity contribution < 1.29 is 28.6 Å². The van der Waals surface area contributed by atoms with Crippen LogP contribution in [-0.4, -0.2) is 34.3 Å². The van der Waals surface area contributed by atoms with Gasteiger partial charge in [0.2, 0.25) is 5.91 Å². The van der Waals surface area contributed by atoms with Gasteiger partial charge in [-0.1, -0.05) is 24.3 Å². The van der Waals surface area contributed by atoms with Crippen molar-refractivity contribution in [1.29, 1.82) is 0 Å². The smallest absolute Gasteiger partial charge is 0.273 e. The molecule has 4 rings (SSSR count). The number of rotatable bonds is 9. The molecule has 0 saturated heterocycles. The van der Waals surface area contributed by atoms with E-state index < -0.39 is 29.6 Å². The summed E-state index contributed by atoms with van der Waals surface area (Å²) in [5, 5.41) is 12.7. The van der Waals surface area contributed by atoms with Crippen LogP contribution in [0.2, 0.25) is 0 Å². The van der Waals surface area contributed by atoms with E-state index in [0.717, 1.165) is 22.6 Å². The lowest BCUT2D eigenvalue weighted by Crippen LogP contribution is -2.44. The molecule has 0 saturated carbocycles. The molecule has 12 heteroatoms. The van der Waals surface area contributed by atoms with Crippen LogP contribution in [-0.2, 0) is 11.3 Å². The SMILES string of the molecule is COc1ccc(CNC(=O)[C@@H](c2ccc(O)cc2)N(C(=O)c2snc(C(N)=O)c2N)c2ccc(F)cc2)cc1. The fraction of sp³-hybridized carbons (Fsp3) is 0.111. The van der Waals surface area contributed by atoms with Crippen LogP contribution in [0.15, 0.2) is 72.8 Å². The summed E-state index contributed by atoms with van der Waals surface area (Å²) in [6, 6.07) is 16.4. The molecule has 1 atom stereocenters. The van der Waals surface area contributed by atoms with Gasteiger partial charge >= 0.3 is 0 Å². The van der Waals surface area contributed by atoms with Gasteiger partial charge < -0.3 is 26.6 Å². The van der Waals surface area contributed by atoms with Crippen LogP contribution < -0.4 is 26.4 Å². The van der Waals surface area contributed by atoms with Crippen LogP contribution in [0.25, 0.3) is 0 Å². The van der Waals surface area contributed by atoms with Gasteiger partial charge in [0.1, 0.15) is 28.2 Å². The maximum atomic E-state index is 13.9. The van der Waals surface area contributed by atoms with Gasteiger partial charge in [-0.15, -0.1) is 0 Å². The zero-order chi connectivity index (χ0) is 28.1. The second kappa shape index (κ2) is 11.6. The molecule has 0 radical (unpaired) electrons. The predicted molar refractivity (Wildman–Crippen MR) is 144 cm³/mol. The van der Waals surface area contributed by atoms with Crippen LogP contribution >= 0.6 is 11.5 Å². The fourth-order valence-electron chi connectivity index (χ4n) is 3.83. The van der Waals surface area contributed by atoms with Gasteiger partial charge in [-0.3, -0.25) is 19.3 Å². The predicted octanol–water partition coefficient (Wildman–Crippen LogP) is 3.38. The quantitative estimate of drug-likeness (QED) is 0.249. The summed E-state index contributed by atoms with van der Waals surface area (Å²) in [6.45, 7) is 0.122. The first kappa shape index (κ1) is 27.1. The maximum absolute atomic E-state index is 13.9. The summed E-state index contributed by atoms with van der Waals surface area (Å²) in [4.78, 5) is 40.4. The summed E-state index contributed by atoms with van der Waals surface area (Å²) in [6.07, 6.45) is 0. The number of nitrogens with one attached hydrogen (secondary N) is 1. The monoisotopic (exact) mass is 549 g/mol. The van der Waals surface area contributed by atoms with E-state index in [2.05, 4.69) is 9.69 Å². The zero-order valence-corrected chi connectivity index (χ0v) is 21.4. The van der Waals surface area contributed by atoms with Crippen LogP contribution in [0.3, 0.4) is 0 Å². The maximum Gasteiger partial charge on any atom is 0.273 e. The number of ether oxygens (including phenoxy) is 1. The molecule has 0 spiro atoms. The zero-order valence-electron chi connectivity index (χ0n) is 20.6. The fourth-order valence-corrected chi connectivity index (χ4v) is 4.57. The van der Waals surface area contributed by atoms with Crippen molar-refractivity contribution in [1.82, 2.24) is 9.69 Å². The molecular weight excluding hydrogens is 525 g/mol. The Morgan fingerprint density at radius 3 is 2.26 bits per heavy atom. The normalized spacial score (nSPS) is 11.4. The Balaban J connectivity index is 1.78. The van der Waals surface area contributed by atoms with Crippen LogP contribution in [0.4, 0.5) is 15.8 Å². The van der Waals surface area contributed by atoms with Crippen molar-refractivity contribution in [3.63, 3.8) is 0 Å². The van der Waals surface area contributed by atoms with Crippen LogP contribution in [0.1, 0.15) is 37.3 Å². The summed E-state index contributed by atoms with van der Waals surface area (Å²) < 4.78 is 22.9. The lowest BCUT2D eigenvalue weighted by Gasteiger charge is -2.31. The molecule has 3 amide bonds. The second-order valence-electron chi connectivity index (χ2n) is 8.35. The summed E-state index contributed by atoms with van der Waals surface area (Å²) >= 11 is 0.655. The highest BCUT2D eigenvalue weighted by Crippen LogP contribution is 2.34. The number of carbonyl (C=O) groups excluding carboxylic acids is 3. The van der Waals surface area contributed by atoms with E-state index in [1.54, 1.807) is 31.4 Å². The summed E-state index contributed by atoms with van der Waals surface area (Å²) in [7, 11) is 1.54. The molecule has 1 aromatic heterocycles. The van der Waals surface area contributed by atoms with E-state index in [1.165, 1.54) is 36.4 Å². The number of benzene rings is 3. The average Bonchev–Trinajstić information content (AvgIpc) is 3.33. The van der Waals surface area contributed by atoms with Gasteiger partial charge in [0.15, 0.2) is 5.69 Å². The molecule has 0 aliphatic rings. The third kappa shape index (κ3) is 5.96. The Morgan fingerprint density at radius 2 is 1.69 bits per heavy atom. The number of nitrogens with zero attached hydrogens (tertiary/aromatic N) is 2. The Labute approximate surface area is 226 Å². The first-order valence-electron chi connectivity index (χ1n) is 11.5. The average molecular weight is 550 g/mol. The molecule has 0 bridgehead atoms. The highest BCUT2D eigenvalue weighted by atomic mass is 32.1. The molecule has 0 aliphatic carbocycles. The van der Waals surface area contributed by atoms with Gasteiger partial charge in [-0.05, 0) is 71.2 Å². The molecule has 0 fully saturated rings. The van der Waals surface area contributed by atoms with Gasteiger partial charge in [-0.2, -0.15) is 4.37 Å². The standard InChI is InChI=1S/C27H24FN5O5S/c1-38-20-12-2-15(3-13-20)14-31-26(36)23(16-4-10-19(34)11-5-16)33(18-8-6-17(28)7-9-18)27(37)24-21(29)22(25(30)35)32-39-24/h2-13,23,34H,14,29H2,1H3,(H2,30,35)(H,31,36)/t23-/m1/s1. The minimum absolute atomic E-state index is 0.0476. The number of phenolic OH excluding ortho intramolecular Hbond substituents is 1. The molecular formula is C27H24FN5O5S. The number of halogens is 1. The molecule has 0 unspecified atom stereocenters. The molecule has 0 aliphatic heterocycles. The number of aromatic hydroxyl groups is 1. The number of nitrogen functional groups attached to an aromatic ring is 1. The van der Waals surface area contributed by atoms with Gasteiger partial charge in [0.05, 0.1) is 12.8 Å². The lowest BCUT2D eigenvalue weighted by molar-refractivity contribution is -0.122. The highest BCUT2D eigenvalue weighted by Gasteiger charge is 2.36. The minimum atomic E-state index is -1.29. The van der Waals surface area contributed by atoms with E-state index in [-0.39, 0.29) is 34.2 Å². The Morgan fingerprint density at radius 1 is 1.05 bits per heavy atom. The van der Waals surface area contributed by atoms with Crippen molar-refractivity contribution in [3.05, 3.63) is 100 Å². The molecule has 1 heterocycles. The van der Waals surface area contributed by atoms with Crippen molar-refractivity contribution >= 4 is 40.6 Å². The Kier molecular flexibility index (Phi) is 8.06. The third-order valence-corrected chi connectivity index (χ3v) is 6.67. The van der Waals surface area contributed by atoms with Crippen molar-refractivity contribution in [2.45, 2.75) is 12.6 Å². The summed E-state index contributed by atoms with van der Waals surface area (Å²) in [5.74, 6) is -2.20. The first-order valence-corrected chi connectivity index (χ1v) is 12.3. The second-order valence-corrected chi connectivity index (χ2v) is 9.12. The first-order chi connectivity index (χ1) is 18.7.